The van der Waals surface area contributed by atoms with E-state index in [9.17, 15) is 14.4 Å². The van der Waals surface area contributed by atoms with E-state index in [0.29, 0.717) is 22.0 Å². The van der Waals surface area contributed by atoms with E-state index >= 15 is 0 Å². The van der Waals surface area contributed by atoms with Gasteiger partial charge in [-0.2, -0.15) is 0 Å². The quantitative estimate of drug-likeness (QED) is 0.591. The first-order valence-electron chi connectivity index (χ1n) is 7.85. The predicted octanol–water partition coefficient (Wildman–Crippen LogP) is 3.49. The molecular formula is C19H18ClNO5. The first-order valence-corrected chi connectivity index (χ1v) is 8.22. The van der Waals surface area contributed by atoms with Crippen molar-refractivity contribution >= 4 is 34.9 Å². The van der Waals surface area contributed by atoms with Crippen LogP contribution >= 0.6 is 11.6 Å². The molecule has 7 heteroatoms. The maximum atomic E-state index is 11.9. The van der Waals surface area contributed by atoms with Gasteiger partial charge in [0, 0.05) is 16.3 Å². The fraction of sp³-hybridized carbons (Fsp3) is 0.211. The van der Waals surface area contributed by atoms with Crippen molar-refractivity contribution in [3.05, 3.63) is 59.1 Å². The number of ether oxygens (including phenoxy) is 2. The number of halogens is 1. The molecule has 0 saturated carbocycles. The van der Waals surface area contributed by atoms with Crippen LogP contribution in [0.25, 0.3) is 0 Å². The number of hydrogen-bond acceptors (Lipinski definition) is 5. The van der Waals surface area contributed by atoms with Crippen molar-refractivity contribution in [2.75, 3.05) is 11.9 Å². The second-order valence-electron chi connectivity index (χ2n) is 5.50. The third-order valence-corrected chi connectivity index (χ3v) is 3.63. The van der Waals surface area contributed by atoms with E-state index in [1.54, 1.807) is 48.5 Å². The lowest BCUT2D eigenvalue weighted by Crippen LogP contribution is -2.29. The smallest absolute Gasteiger partial charge is 0.347 e. The molecule has 0 unspecified atom stereocenters. The van der Waals surface area contributed by atoms with Gasteiger partial charge in [-0.25, -0.2) is 4.79 Å². The van der Waals surface area contributed by atoms with Gasteiger partial charge < -0.3 is 14.8 Å². The van der Waals surface area contributed by atoms with Crippen LogP contribution in [-0.4, -0.2) is 30.4 Å². The lowest BCUT2D eigenvalue weighted by molar-refractivity contribution is -0.153. The molecule has 0 aliphatic heterocycles. The molecule has 0 radical (unpaired) electrons. The summed E-state index contributed by atoms with van der Waals surface area (Å²) in [5, 5.41) is 3.13. The van der Waals surface area contributed by atoms with Gasteiger partial charge in [-0.05, 0) is 62.4 Å². The molecule has 0 aliphatic rings. The van der Waals surface area contributed by atoms with Gasteiger partial charge in [-0.1, -0.05) is 11.6 Å². The summed E-state index contributed by atoms with van der Waals surface area (Å²) in [5.41, 5.74) is 1.05. The summed E-state index contributed by atoms with van der Waals surface area (Å²) in [5.74, 6) is -0.755. The molecular weight excluding hydrogens is 358 g/mol. The summed E-state index contributed by atoms with van der Waals surface area (Å²) in [7, 11) is 0. The zero-order valence-corrected chi connectivity index (χ0v) is 15.1. The zero-order chi connectivity index (χ0) is 19.1. The monoisotopic (exact) mass is 375 g/mol. The van der Waals surface area contributed by atoms with Crippen LogP contribution in [0, 0.1) is 0 Å². The summed E-state index contributed by atoms with van der Waals surface area (Å²) >= 11 is 5.78. The molecule has 2 rings (SSSR count). The molecule has 6 nitrogen and oxygen atoms in total. The molecule has 0 saturated heterocycles. The third-order valence-electron chi connectivity index (χ3n) is 3.38. The minimum Gasteiger partial charge on any atom is -0.479 e. The Morgan fingerprint density at radius 2 is 1.65 bits per heavy atom. The van der Waals surface area contributed by atoms with Crippen LogP contribution in [0.1, 0.15) is 24.2 Å². The standard InChI is InChI=1S/C19H18ClNO5/c1-12(22)14-3-7-16(8-4-14)21-18(23)11-25-19(24)13(2)26-17-9-5-15(20)6-10-17/h3-10,13H,11H2,1-2H3,(H,21,23)/t13-/m1/s1. The normalized spacial score (nSPS) is 11.3. The molecule has 0 aromatic heterocycles. The Kier molecular flexibility index (Phi) is 6.74. The van der Waals surface area contributed by atoms with Crippen molar-refractivity contribution in [3.63, 3.8) is 0 Å². The van der Waals surface area contributed by atoms with Crippen LogP contribution < -0.4 is 10.1 Å². The molecule has 26 heavy (non-hydrogen) atoms. The number of amides is 1. The van der Waals surface area contributed by atoms with Crippen molar-refractivity contribution in [2.45, 2.75) is 20.0 Å². The second-order valence-corrected chi connectivity index (χ2v) is 5.94. The first-order chi connectivity index (χ1) is 12.3. The van der Waals surface area contributed by atoms with E-state index in [4.69, 9.17) is 21.1 Å². The number of Topliss-reactive ketones (excluding diaryl/α,β-unsaturated/α-hetero) is 1. The molecule has 0 spiro atoms. The Bertz CT molecular complexity index is 787. The van der Waals surface area contributed by atoms with Crippen molar-refractivity contribution in [2.24, 2.45) is 0 Å². The van der Waals surface area contributed by atoms with Gasteiger partial charge in [0.2, 0.25) is 0 Å². The average molecular weight is 376 g/mol. The lowest BCUT2D eigenvalue weighted by atomic mass is 10.1. The first kappa shape index (κ1) is 19.5. The van der Waals surface area contributed by atoms with E-state index in [1.165, 1.54) is 13.8 Å². The SMILES string of the molecule is CC(=O)c1ccc(NC(=O)COC(=O)[C@@H](C)Oc2ccc(Cl)cc2)cc1. The maximum absolute atomic E-state index is 11.9. The van der Waals surface area contributed by atoms with Gasteiger partial charge in [0.15, 0.2) is 18.5 Å². The fourth-order valence-corrected chi connectivity index (χ4v) is 2.13. The van der Waals surface area contributed by atoms with Crippen LogP contribution in [0.15, 0.2) is 48.5 Å². The number of esters is 1. The van der Waals surface area contributed by atoms with E-state index in [1.807, 2.05) is 0 Å². The highest BCUT2D eigenvalue weighted by Crippen LogP contribution is 2.17. The number of nitrogens with one attached hydrogen (secondary N) is 1. The molecule has 0 heterocycles. The van der Waals surface area contributed by atoms with Gasteiger partial charge in [-0.3, -0.25) is 9.59 Å². The minimum atomic E-state index is -0.876. The Morgan fingerprint density at radius 1 is 1.04 bits per heavy atom. The van der Waals surface area contributed by atoms with Gasteiger partial charge in [0.25, 0.3) is 5.91 Å². The van der Waals surface area contributed by atoms with E-state index in [0.717, 1.165) is 0 Å². The maximum Gasteiger partial charge on any atom is 0.347 e. The summed E-state index contributed by atoms with van der Waals surface area (Å²) in [6.45, 7) is 2.54. The van der Waals surface area contributed by atoms with E-state index in [-0.39, 0.29) is 5.78 Å². The fourth-order valence-electron chi connectivity index (χ4n) is 2.00. The van der Waals surface area contributed by atoms with Gasteiger partial charge >= 0.3 is 5.97 Å². The number of carbonyl (C=O) groups is 3. The van der Waals surface area contributed by atoms with Crippen molar-refractivity contribution in [3.8, 4) is 5.75 Å². The molecule has 1 N–H and O–H groups in total. The molecule has 136 valence electrons. The molecule has 1 amide bonds. The highest BCUT2D eigenvalue weighted by Gasteiger charge is 2.18. The zero-order valence-electron chi connectivity index (χ0n) is 14.3. The second kappa shape index (κ2) is 9.01. The van der Waals surface area contributed by atoms with E-state index in [2.05, 4.69) is 5.32 Å². The number of ketones is 1. The number of benzene rings is 2. The molecule has 1 atom stereocenters. The number of hydrogen-bond donors (Lipinski definition) is 1. The van der Waals surface area contributed by atoms with Gasteiger partial charge in [0.05, 0.1) is 0 Å². The third kappa shape index (κ3) is 5.89. The Hall–Kier alpha value is -2.86. The predicted molar refractivity (Wildman–Crippen MR) is 97.6 cm³/mol. The average Bonchev–Trinajstić information content (AvgIpc) is 2.62. The summed E-state index contributed by atoms with van der Waals surface area (Å²) in [6.07, 6.45) is -0.876. The topological polar surface area (TPSA) is 81.7 Å². The molecule has 2 aromatic rings. The van der Waals surface area contributed by atoms with E-state index < -0.39 is 24.6 Å². The number of carbonyl (C=O) groups excluding carboxylic acids is 3. The van der Waals surface area contributed by atoms with Crippen molar-refractivity contribution < 1.29 is 23.9 Å². The molecule has 0 aliphatic carbocycles. The minimum absolute atomic E-state index is 0.0634. The van der Waals surface area contributed by atoms with Crippen LogP contribution in [0.4, 0.5) is 5.69 Å². The summed E-state index contributed by atoms with van der Waals surface area (Å²) in [4.78, 5) is 34.9. The summed E-state index contributed by atoms with van der Waals surface area (Å²) in [6, 6.07) is 12.9. The summed E-state index contributed by atoms with van der Waals surface area (Å²) < 4.78 is 10.4. The molecule has 0 fully saturated rings. The number of anilines is 1. The Balaban J connectivity index is 1.79. The molecule has 2 aromatic carbocycles. The Labute approximate surface area is 156 Å². The van der Waals surface area contributed by atoms with Crippen LogP contribution in [0.5, 0.6) is 5.75 Å². The van der Waals surface area contributed by atoms with Crippen LogP contribution in [-0.2, 0) is 14.3 Å². The van der Waals surface area contributed by atoms with Crippen molar-refractivity contribution in [1.82, 2.24) is 0 Å². The Morgan fingerprint density at radius 3 is 2.23 bits per heavy atom. The highest BCUT2D eigenvalue weighted by atomic mass is 35.5. The highest BCUT2D eigenvalue weighted by molar-refractivity contribution is 6.30. The van der Waals surface area contributed by atoms with Crippen LogP contribution in [0.3, 0.4) is 0 Å². The molecule has 0 bridgehead atoms. The van der Waals surface area contributed by atoms with Crippen molar-refractivity contribution in [1.29, 1.82) is 0 Å². The van der Waals surface area contributed by atoms with Crippen LogP contribution in [0.2, 0.25) is 5.02 Å². The van der Waals surface area contributed by atoms with Gasteiger partial charge in [-0.15, -0.1) is 0 Å². The van der Waals surface area contributed by atoms with Gasteiger partial charge in [0.1, 0.15) is 5.75 Å². The largest absolute Gasteiger partial charge is 0.479 e. The lowest BCUT2D eigenvalue weighted by Gasteiger charge is -2.14. The number of rotatable bonds is 7.